The largest absolute Gasteiger partial charge is 0.478 e. The maximum atomic E-state index is 5.46. The minimum atomic E-state index is 0. The second-order valence-corrected chi connectivity index (χ2v) is 2.90. The zero-order valence-corrected chi connectivity index (χ0v) is 6.58. The summed E-state index contributed by atoms with van der Waals surface area (Å²) in [6.07, 6.45) is 0. The summed E-state index contributed by atoms with van der Waals surface area (Å²) in [7, 11) is 2.05. The smallest absolute Gasteiger partial charge is 0.142 e. The molecule has 2 rings (SSSR count). The van der Waals surface area contributed by atoms with Crippen LogP contribution in [-0.2, 0) is 6.54 Å². The highest BCUT2D eigenvalue weighted by molar-refractivity contribution is 5.34. The molecule has 12 heavy (non-hydrogen) atoms. The first-order valence-electron chi connectivity index (χ1n) is 3.75. The van der Waals surface area contributed by atoms with Crippen molar-refractivity contribution >= 4 is 0 Å². The second-order valence-electron chi connectivity index (χ2n) is 2.90. The molecule has 0 aliphatic carbocycles. The molecule has 2 nitrogen and oxygen atoms in total. The molecule has 1 aromatic carbocycles. The molecule has 1 aromatic rings. The van der Waals surface area contributed by atoms with Gasteiger partial charge in [-0.15, -0.1) is 0 Å². The Hall–Kier alpha value is -1.02. The molecule has 1 aliphatic rings. The van der Waals surface area contributed by atoms with Gasteiger partial charge in [-0.2, -0.15) is 0 Å². The minimum Gasteiger partial charge on any atom is -0.478 e. The summed E-state index contributed by atoms with van der Waals surface area (Å²) >= 11 is 0. The van der Waals surface area contributed by atoms with Gasteiger partial charge in [0, 0.05) is 12.1 Å². The van der Waals surface area contributed by atoms with Crippen LogP contribution in [0, 0.1) is 0 Å². The van der Waals surface area contributed by atoms with Crippen LogP contribution >= 0.6 is 0 Å². The number of fused-ring (bicyclic) bond motifs is 1. The van der Waals surface area contributed by atoms with Crippen molar-refractivity contribution in [1.82, 2.24) is 4.90 Å². The van der Waals surface area contributed by atoms with Gasteiger partial charge in [0.25, 0.3) is 0 Å². The third-order valence-corrected chi connectivity index (χ3v) is 1.85. The van der Waals surface area contributed by atoms with Crippen molar-refractivity contribution in [3.63, 3.8) is 0 Å². The number of benzene rings is 1. The van der Waals surface area contributed by atoms with E-state index in [4.69, 9.17) is 4.74 Å². The summed E-state index contributed by atoms with van der Waals surface area (Å²) in [5.41, 5.74) is 1.28. The van der Waals surface area contributed by atoms with Crippen LogP contribution in [0.1, 0.15) is 13.0 Å². The Morgan fingerprint density at radius 2 is 2.08 bits per heavy atom. The lowest BCUT2D eigenvalue weighted by molar-refractivity contribution is 0.121. The van der Waals surface area contributed by atoms with Crippen molar-refractivity contribution in [2.24, 2.45) is 0 Å². The summed E-state index contributed by atoms with van der Waals surface area (Å²) in [6, 6.07) is 8.17. The molecule has 0 N–H and O–H groups in total. The van der Waals surface area contributed by atoms with Crippen molar-refractivity contribution in [2.45, 2.75) is 14.0 Å². The van der Waals surface area contributed by atoms with Crippen LogP contribution in [0.2, 0.25) is 0 Å². The molecular weight excluding hydrogens is 150 g/mol. The van der Waals surface area contributed by atoms with E-state index in [0.29, 0.717) is 6.73 Å². The Bertz CT molecular complexity index is 260. The fourth-order valence-electron chi connectivity index (χ4n) is 1.29. The minimum absolute atomic E-state index is 0. The highest BCUT2D eigenvalue weighted by Gasteiger charge is 2.11. The van der Waals surface area contributed by atoms with Gasteiger partial charge < -0.3 is 4.74 Å². The van der Waals surface area contributed by atoms with Gasteiger partial charge in [-0.25, -0.2) is 0 Å². The third-order valence-electron chi connectivity index (χ3n) is 1.85. The molecule has 2 heteroatoms. The SMILES string of the molecule is C.CN1COc2ccccc2C1. The van der Waals surface area contributed by atoms with E-state index in [1.165, 1.54) is 5.56 Å². The predicted molar refractivity (Wildman–Crippen MR) is 50.1 cm³/mol. The fourth-order valence-corrected chi connectivity index (χ4v) is 1.29. The zero-order valence-electron chi connectivity index (χ0n) is 6.58. The molecule has 0 unspecified atom stereocenters. The van der Waals surface area contributed by atoms with E-state index in [1.807, 2.05) is 18.2 Å². The topological polar surface area (TPSA) is 12.5 Å². The Balaban J connectivity index is 0.000000720. The van der Waals surface area contributed by atoms with E-state index < -0.39 is 0 Å². The standard InChI is InChI=1S/C9H11NO.CH4/c1-10-6-8-4-2-3-5-9(8)11-7-10;/h2-5H,6-7H2,1H3;1H4. The molecule has 0 bridgehead atoms. The summed E-state index contributed by atoms with van der Waals surface area (Å²) in [6.45, 7) is 1.70. The number of para-hydroxylation sites is 1. The van der Waals surface area contributed by atoms with Crippen molar-refractivity contribution in [2.75, 3.05) is 13.8 Å². The van der Waals surface area contributed by atoms with Crippen LogP contribution in [0.5, 0.6) is 5.75 Å². The molecule has 0 saturated heterocycles. The molecule has 0 fully saturated rings. The molecular formula is C10H15NO. The van der Waals surface area contributed by atoms with Gasteiger partial charge in [0.05, 0.1) is 0 Å². The summed E-state index contributed by atoms with van der Waals surface area (Å²) in [4.78, 5) is 2.14. The van der Waals surface area contributed by atoms with Crippen molar-refractivity contribution < 1.29 is 4.74 Å². The molecule has 0 spiro atoms. The van der Waals surface area contributed by atoms with E-state index in [2.05, 4.69) is 18.0 Å². The Labute approximate surface area is 73.8 Å². The molecule has 0 aromatic heterocycles. The van der Waals surface area contributed by atoms with Gasteiger partial charge in [0.1, 0.15) is 12.5 Å². The quantitative estimate of drug-likeness (QED) is 0.583. The van der Waals surface area contributed by atoms with Crippen LogP contribution < -0.4 is 4.74 Å². The van der Waals surface area contributed by atoms with Crippen LogP contribution in [0.4, 0.5) is 0 Å². The predicted octanol–water partition coefficient (Wildman–Crippen LogP) is 2.10. The van der Waals surface area contributed by atoms with Gasteiger partial charge in [-0.1, -0.05) is 25.6 Å². The molecule has 0 amide bonds. The third kappa shape index (κ3) is 1.59. The second kappa shape index (κ2) is 3.59. The van der Waals surface area contributed by atoms with E-state index in [0.717, 1.165) is 12.3 Å². The summed E-state index contributed by atoms with van der Waals surface area (Å²) in [5.74, 6) is 1.03. The summed E-state index contributed by atoms with van der Waals surface area (Å²) in [5, 5.41) is 0. The molecule has 1 heterocycles. The number of hydrogen-bond donors (Lipinski definition) is 0. The Kier molecular flexibility index (Phi) is 2.71. The van der Waals surface area contributed by atoms with Gasteiger partial charge in [0.15, 0.2) is 0 Å². The number of nitrogens with zero attached hydrogens (tertiary/aromatic N) is 1. The number of ether oxygens (including phenoxy) is 1. The lowest BCUT2D eigenvalue weighted by atomic mass is 10.2. The van der Waals surface area contributed by atoms with Gasteiger partial charge in [-0.05, 0) is 13.1 Å². The molecule has 0 atom stereocenters. The lowest BCUT2D eigenvalue weighted by Crippen LogP contribution is -2.27. The first kappa shape index (κ1) is 9.07. The number of hydrogen-bond acceptors (Lipinski definition) is 2. The average molecular weight is 165 g/mol. The van der Waals surface area contributed by atoms with Crippen LogP contribution in [0.25, 0.3) is 0 Å². The highest BCUT2D eigenvalue weighted by Crippen LogP contribution is 2.22. The molecule has 66 valence electrons. The normalized spacial score (nSPS) is 15.8. The first-order valence-corrected chi connectivity index (χ1v) is 3.75. The lowest BCUT2D eigenvalue weighted by Gasteiger charge is -2.24. The average Bonchev–Trinajstić information content (AvgIpc) is 2.04. The van der Waals surface area contributed by atoms with E-state index in [-0.39, 0.29) is 7.43 Å². The van der Waals surface area contributed by atoms with E-state index in [1.54, 1.807) is 0 Å². The Morgan fingerprint density at radius 3 is 2.92 bits per heavy atom. The van der Waals surface area contributed by atoms with E-state index in [9.17, 15) is 0 Å². The molecule has 0 radical (unpaired) electrons. The summed E-state index contributed by atoms with van der Waals surface area (Å²) < 4.78 is 5.46. The monoisotopic (exact) mass is 165 g/mol. The highest BCUT2D eigenvalue weighted by atomic mass is 16.5. The fraction of sp³-hybridized carbons (Fsp3) is 0.400. The van der Waals surface area contributed by atoms with Crippen LogP contribution in [0.15, 0.2) is 24.3 Å². The Morgan fingerprint density at radius 1 is 1.33 bits per heavy atom. The van der Waals surface area contributed by atoms with Crippen LogP contribution in [0.3, 0.4) is 0 Å². The van der Waals surface area contributed by atoms with Gasteiger partial charge >= 0.3 is 0 Å². The van der Waals surface area contributed by atoms with Crippen molar-refractivity contribution in [1.29, 1.82) is 0 Å². The van der Waals surface area contributed by atoms with Crippen LogP contribution in [-0.4, -0.2) is 18.7 Å². The first-order chi connectivity index (χ1) is 5.36. The van der Waals surface area contributed by atoms with Gasteiger partial charge in [-0.3, -0.25) is 4.90 Å². The maximum Gasteiger partial charge on any atom is 0.142 e. The van der Waals surface area contributed by atoms with Crippen molar-refractivity contribution in [3.05, 3.63) is 29.8 Å². The number of rotatable bonds is 0. The molecule has 0 saturated carbocycles. The van der Waals surface area contributed by atoms with Crippen molar-refractivity contribution in [3.8, 4) is 5.75 Å². The maximum absolute atomic E-state index is 5.46. The molecule has 1 aliphatic heterocycles. The zero-order chi connectivity index (χ0) is 7.68. The van der Waals surface area contributed by atoms with E-state index >= 15 is 0 Å². The van der Waals surface area contributed by atoms with Gasteiger partial charge in [0.2, 0.25) is 0 Å².